The topological polar surface area (TPSA) is 80.9 Å². The van der Waals surface area contributed by atoms with Gasteiger partial charge in [0, 0.05) is 10.8 Å². The monoisotopic (exact) mass is 759 g/mol. The van der Waals surface area contributed by atoms with Crippen LogP contribution in [0.2, 0.25) is 0 Å². The van der Waals surface area contributed by atoms with Gasteiger partial charge in [-0.25, -0.2) is 0 Å². The highest BCUT2D eigenvalue weighted by Gasteiger charge is 2.50. The number of phenols is 3. The first kappa shape index (κ1) is 40.5. The van der Waals surface area contributed by atoms with Crippen molar-refractivity contribution in [1.29, 1.82) is 0 Å². The van der Waals surface area contributed by atoms with Gasteiger partial charge in [-0.3, -0.25) is 0 Å². The molecule has 3 saturated carbocycles. The van der Waals surface area contributed by atoms with Gasteiger partial charge in [-0.15, -0.1) is 0 Å². The summed E-state index contributed by atoms with van der Waals surface area (Å²) in [5.41, 5.74) is 8.11. The zero-order chi connectivity index (χ0) is 40.2. The Morgan fingerprint density at radius 2 is 0.964 bits per heavy atom. The molecular formula is C52H70O4. The Hall–Kier alpha value is -3.66. The van der Waals surface area contributed by atoms with Gasteiger partial charge in [0.2, 0.25) is 0 Å². The Labute approximate surface area is 338 Å². The number of hydrogen-bond donors (Lipinski definition) is 4. The summed E-state index contributed by atoms with van der Waals surface area (Å²) in [6, 6.07) is 18.7. The van der Waals surface area contributed by atoms with E-state index in [1.165, 1.54) is 68.1 Å². The molecule has 4 nitrogen and oxygen atoms in total. The molecule has 3 unspecified atom stereocenters. The number of aliphatic hydroxyl groups excluding tert-OH is 1. The summed E-state index contributed by atoms with van der Waals surface area (Å²) in [6.45, 7) is 18.5. The molecule has 4 N–H and O–H groups in total. The molecule has 0 amide bonds. The quantitative estimate of drug-likeness (QED) is 0.184. The lowest BCUT2D eigenvalue weighted by atomic mass is 9.51. The molecule has 302 valence electrons. The van der Waals surface area contributed by atoms with Gasteiger partial charge < -0.3 is 20.4 Å². The third-order valence-corrected chi connectivity index (χ3v) is 17.0. The number of aromatic hydroxyl groups is 3. The average Bonchev–Trinajstić information content (AvgIpc) is 3.19. The summed E-state index contributed by atoms with van der Waals surface area (Å²) < 4.78 is 0. The van der Waals surface area contributed by atoms with E-state index in [4.69, 9.17) is 0 Å². The molecule has 0 bridgehead atoms. The maximum absolute atomic E-state index is 10.5. The highest BCUT2D eigenvalue weighted by Crippen LogP contribution is 2.60. The second-order valence-corrected chi connectivity index (χ2v) is 20.3. The SMILES string of the molecule is CC1=CC(C2(c3ccc(O)c(C)c3)CCC(C(C)(C)C3CCCC(C(C)(C)C4CCC(c5ccc(O)c(C)c5)(c5ccc(O)c(C)c5)CC4)C3)CC2)CC=C1O. The van der Waals surface area contributed by atoms with E-state index in [0.29, 0.717) is 52.6 Å². The molecule has 4 aliphatic rings. The van der Waals surface area contributed by atoms with E-state index in [-0.39, 0.29) is 21.7 Å². The lowest BCUT2D eigenvalue weighted by Gasteiger charge is -2.54. The van der Waals surface area contributed by atoms with Crippen molar-refractivity contribution in [2.45, 2.75) is 150 Å². The predicted octanol–water partition coefficient (Wildman–Crippen LogP) is 13.6. The molecule has 0 radical (unpaired) electrons. The van der Waals surface area contributed by atoms with E-state index >= 15 is 0 Å². The van der Waals surface area contributed by atoms with Crippen LogP contribution in [0.4, 0.5) is 0 Å². The van der Waals surface area contributed by atoms with Crippen LogP contribution in [-0.2, 0) is 10.8 Å². The first-order chi connectivity index (χ1) is 26.5. The summed E-state index contributed by atoms with van der Waals surface area (Å²) in [5.74, 6) is 4.60. The van der Waals surface area contributed by atoms with Gasteiger partial charge >= 0.3 is 0 Å². The molecule has 0 heterocycles. The van der Waals surface area contributed by atoms with Crippen LogP contribution in [-0.4, -0.2) is 20.4 Å². The Kier molecular flexibility index (Phi) is 11.0. The molecule has 0 aromatic heterocycles. The van der Waals surface area contributed by atoms with Crippen molar-refractivity contribution >= 4 is 0 Å². The minimum atomic E-state index is -0.127. The molecule has 3 aromatic carbocycles. The second kappa shape index (κ2) is 15.3. The van der Waals surface area contributed by atoms with E-state index in [0.717, 1.165) is 54.4 Å². The van der Waals surface area contributed by atoms with E-state index in [1.54, 1.807) is 0 Å². The Balaban J connectivity index is 1.07. The maximum Gasteiger partial charge on any atom is 0.118 e. The minimum absolute atomic E-state index is 0.00839. The highest BCUT2D eigenvalue weighted by atomic mass is 16.3. The molecular weight excluding hydrogens is 689 g/mol. The van der Waals surface area contributed by atoms with Crippen molar-refractivity contribution < 1.29 is 20.4 Å². The minimum Gasteiger partial charge on any atom is -0.508 e. The van der Waals surface area contributed by atoms with Gasteiger partial charge in [0.25, 0.3) is 0 Å². The number of phenolic OH excluding ortho intramolecular Hbond substituents is 3. The van der Waals surface area contributed by atoms with Crippen LogP contribution in [0.15, 0.2) is 78.1 Å². The lowest BCUT2D eigenvalue weighted by molar-refractivity contribution is -0.0196. The number of hydrogen-bond acceptors (Lipinski definition) is 4. The molecule has 3 aromatic rings. The summed E-state index contributed by atoms with van der Waals surface area (Å²) in [5, 5.41) is 41.8. The second-order valence-electron chi connectivity index (χ2n) is 20.3. The summed E-state index contributed by atoms with van der Waals surface area (Å²) in [7, 11) is 0. The molecule has 4 aliphatic carbocycles. The van der Waals surface area contributed by atoms with Crippen LogP contribution in [0.3, 0.4) is 0 Å². The van der Waals surface area contributed by atoms with Gasteiger partial charge in [-0.2, -0.15) is 0 Å². The van der Waals surface area contributed by atoms with Crippen LogP contribution in [0, 0.1) is 61.2 Å². The first-order valence-electron chi connectivity index (χ1n) is 22.0. The van der Waals surface area contributed by atoms with Crippen LogP contribution in [0.25, 0.3) is 0 Å². The van der Waals surface area contributed by atoms with Crippen LogP contribution >= 0.6 is 0 Å². The van der Waals surface area contributed by atoms with Crippen molar-refractivity contribution in [2.75, 3.05) is 0 Å². The van der Waals surface area contributed by atoms with E-state index in [2.05, 4.69) is 70.2 Å². The fourth-order valence-corrected chi connectivity index (χ4v) is 12.7. The van der Waals surface area contributed by atoms with Gasteiger partial charge in [0.05, 0.1) is 0 Å². The molecule has 56 heavy (non-hydrogen) atoms. The van der Waals surface area contributed by atoms with Crippen molar-refractivity contribution in [2.24, 2.45) is 40.4 Å². The lowest BCUT2D eigenvalue weighted by Crippen LogP contribution is -2.46. The fraction of sp³-hybridized carbons (Fsp3) is 0.577. The fourth-order valence-electron chi connectivity index (χ4n) is 12.7. The van der Waals surface area contributed by atoms with Crippen LogP contribution in [0.1, 0.15) is 151 Å². The number of benzene rings is 3. The number of aryl methyl sites for hydroxylation is 3. The van der Waals surface area contributed by atoms with Gasteiger partial charge in [-0.1, -0.05) is 76.6 Å². The van der Waals surface area contributed by atoms with Crippen LogP contribution < -0.4 is 0 Å². The number of rotatable bonds is 8. The number of allylic oxidation sites excluding steroid dienone is 3. The zero-order valence-corrected chi connectivity index (χ0v) is 35.7. The average molecular weight is 759 g/mol. The van der Waals surface area contributed by atoms with Gasteiger partial charge in [0.15, 0.2) is 0 Å². The smallest absolute Gasteiger partial charge is 0.118 e. The van der Waals surface area contributed by atoms with E-state index in [9.17, 15) is 20.4 Å². The molecule has 4 heteroatoms. The third kappa shape index (κ3) is 7.21. The largest absolute Gasteiger partial charge is 0.508 e. The molecule has 3 atom stereocenters. The van der Waals surface area contributed by atoms with E-state index in [1.807, 2.05) is 52.0 Å². The highest BCUT2D eigenvalue weighted by molar-refractivity contribution is 5.48. The summed E-state index contributed by atoms with van der Waals surface area (Å²) in [4.78, 5) is 0. The summed E-state index contributed by atoms with van der Waals surface area (Å²) >= 11 is 0. The standard InChI is InChI=1S/C52H70O4/c1-33-28-41(12-16-45(33)53)51(42-13-17-46(54)34(2)29-42)24-20-37(21-25-51)49(5,6)39-10-9-11-40(32-39)50(7,8)38-22-26-52(27-23-38,43-14-18-47(55)35(3)30-43)44-15-19-48(56)36(4)31-44/h12-14,16-19,28-31,37-40,44,53-56H,9-11,15,20-27,32H2,1-8H3. The predicted molar refractivity (Wildman–Crippen MR) is 230 cm³/mol. The maximum atomic E-state index is 10.5. The summed E-state index contributed by atoms with van der Waals surface area (Å²) in [6.07, 6.45) is 19.8. The van der Waals surface area contributed by atoms with Crippen molar-refractivity contribution in [3.63, 3.8) is 0 Å². The van der Waals surface area contributed by atoms with Crippen molar-refractivity contribution in [3.05, 3.63) is 111 Å². The molecule has 7 rings (SSSR count). The molecule has 3 fully saturated rings. The Morgan fingerprint density at radius 3 is 1.41 bits per heavy atom. The van der Waals surface area contributed by atoms with Gasteiger partial charge in [-0.05, 0) is 208 Å². The normalized spacial score (nSPS) is 27.7. The number of aliphatic hydroxyl groups is 1. The molecule has 0 spiro atoms. The van der Waals surface area contributed by atoms with Crippen molar-refractivity contribution in [1.82, 2.24) is 0 Å². The Morgan fingerprint density at radius 1 is 0.536 bits per heavy atom. The molecule has 0 aliphatic heterocycles. The van der Waals surface area contributed by atoms with Crippen molar-refractivity contribution in [3.8, 4) is 17.2 Å². The first-order valence-corrected chi connectivity index (χ1v) is 22.0. The van der Waals surface area contributed by atoms with Gasteiger partial charge in [0.1, 0.15) is 23.0 Å². The zero-order valence-electron chi connectivity index (χ0n) is 35.7. The molecule has 0 saturated heterocycles. The Bertz CT molecular complexity index is 1910. The third-order valence-electron chi connectivity index (χ3n) is 17.0. The van der Waals surface area contributed by atoms with Crippen LogP contribution in [0.5, 0.6) is 17.2 Å². The van der Waals surface area contributed by atoms with E-state index < -0.39 is 0 Å².